The molecule has 0 saturated carbocycles. The third kappa shape index (κ3) is 9.92. The molecular weight excluding hydrogens is 541 g/mol. The van der Waals surface area contributed by atoms with Crippen molar-refractivity contribution in [1.29, 1.82) is 0 Å². The molecule has 0 spiro atoms. The number of hydrogen-bond donors (Lipinski definition) is 1. The fourth-order valence-corrected chi connectivity index (χ4v) is 9.41. The minimum Gasteiger partial charge on any atom is -0.444 e. The van der Waals surface area contributed by atoms with Crippen LogP contribution in [0.1, 0.15) is 67.2 Å². The summed E-state index contributed by atoms with van der Waals surface area (Å²) < 4.78 is 50.9. The molecule has 1 amide bonds. The Bertz CT molecular complexity index is 1050. The van der Waals surface area contributed by atoms with Gasteiger partial charge < -0.3 is 14.5 Å². The standard InChI is InChI=1S/C29H41F3N2O5Si/c1-27(2,3)39-26(35)33-22(14-13-15-23(34(36)37)20-29(30,31)32)21-38-40(28(4,5)6,24-16-9-7-10-17-24)25-18-11-8-12-19-25/h7-12,16-19,22-23H,13-15,20-21H2,1-6H3,(H,33,35)/t22-,23?/m0/s1. The van der Waals surface area contributed by atoms with Gasteiger partial charge in [-0.3, -0.25) is 10.1 Å². The van der Waals surface area contributed by atoms with Crippen LogP contribution in [0, 0.1) is 10.1 Å². The van der Waals surface area contributed by atoms with E-state index in [1.54, 1.807) is 20.8 Å². The van der Waals surface area contributed by atoms with Crippen molar-refractivity contribution in [2.75, 3.05) is 6.61 Å². The van der Waals surface area contributed by atoms with E-state index < -0.39 is 49.6 Å². The number of nitrogens with one attached hydrogen (secondary N) is 1. The van der Waals surface area contributed by atoms with Gasteiger partial charge in [0.2, 0.25) is 6.04 Å². The number of alkyl halides is 3. The Balaban J connectivity index is 2.37. The summed E-state index contributed by atoms with van der Waals surface area (Å²) in [6.07, 6.45) is -6.84. The Labute approximate surface area is 235 Å². The maximum absolute atomic E-state index is 12.9. The highest BCUT2D eigenvalue weighted by Crippen LogP contribution is 2.37. The molecule has 2 atom stereocenters. The molecule has 0 aliphatic carbocycles. The van der Waals surface area contributed by atoms with E-state index in [0.717, 1.165) is 10.4 Å². The maximum atomic E-state index is 12.9. The number of carbonyl (C=O) groups excluding carboxylic acids is 1. The SMILES string of the molecule is CC(C)(C)OC(=O)N[C@@H](CCCC(CC(F)(F)F)[N+](=O)[O-])CO[Si](c1ccccc1)(c1ccccc1)C(C)(C)C. The zero-order valence-corrected chi connectivity index (χ0v) is 25.1. The first-order valence-corrected chi connectivity index (χ1v) is 15.3. The molecule has 40 heavy (non-hydrogen) atoms. The van der Waals surface area contributed by atoms with Crippen LogP contribution in [-0.4, -0.2) is 49.8 Å². The van der Waals surface area contributed by atoms with Gasteiger partial charge in [0.25, 0.3) is 8.32 Å². The average Bonchev–Trinajstić information content (AvgIpc) is 2.82. The van der Waals surface area contributed by atoms with Crippen molar-refractivity contribution < 1.29 is 32.1 Å². The number of nitrogens with zero attached hydrogens (tertiary/aromatic N) is 1. The van der Waals surface area contributed by atoms with Crippen LogP contribution < -0.4 is 15.7 Å². The summed E-state index contributed by atoms with van der Waals surface area (Å²) in [5.41, 5.74) is -0.767. The number of carbonyl (C=O) groups is 1. The van der Waals surface area contributed by atoms with E-state index in [0.29, 0.717) is 0 Å². The average molecular weight is 583 g/mol. The zero-order chi connectivity index (χ0) is 30.2. The largest absolute Gasteiger partial charge is 0.444 e. The van der Waals surface area contributed by atoms with Gasteiger partial charge in [-0.05, 0) is 49.0 Å². The normalized spacial score (nSPS) is 14.3. The van der Waals surface area contributed by atoms with Gasteiger partial charge in [0.15, 0.2) is 0 Å². The Kier molecular flexibility index (Phi) is 11.3. The number of alkyl carbamates (subject to hydrolysis) is 1. The van der Waals surface area contributed by atoms with E-state index in [2.05, 4.69) is 26.1 Å². The molecule has 2 rings (SSSR count). The predicted molar refractivity (Wildman–Crippen MR) is 152 cm³/mol. The fourth-order valence-electron chi connectivity index (χ4n) is 4.81. The van der Waals surface area contributed by atoms with E-state index in [1.807, 2.05) is 60.7 Å². The van der Waals surface area contributed by atoms with Crippen LogP contribution in [0.4, 0.5) is 18.0 Å². The second-order valence-electron chi connectivity index (χ2n) is 12.0. The van der Waals surface area contributed by atoms with Crippen LogP contribution in [0.5, 0.6) is 0 Å². The first kappa shape index (κ1) is 33.3. The van der Waals surface area contributed by atoms with Gasteiger partial charge in [-0.15, -0.1) is 0 Å². The van der Waals surface area contributed by atoms with Crippen molar-refractivity contribution in [3.8, 4) is 0 Å². The maximum Gasteiger partial charge on any atom is 0.407 e. The zero-order valence-electron chi connectivity index (χ0n) is 24.1. The smallest absolute Gasteiger partial charge is 0.407 e. The van der Waals surface area contributed by atoms with E-state index in [9.17, 15) is 28.1 Å². The molecule has 0 aliphatic heterocycles. The molecule has 0 aliphatic rings. The Hall–Kier alpha value is -2.92. The predicted octanol–water partition coefficient (Wildman–Crippen LogP) is 6.22. The van der Waals surface area contributed by atoms with Gasteiger partial charge in [-0.25, -0.2) is 4.79 Å². The van der Waals surface area contributed by atoms with Crippen LogP contribution in [0.3, 0.4) is 0 Å². The number of nitro groups is 1. The minimum atomic E-state index is -4.64. The van der Waals surface area contributed by atoms with Gasteiger partial charge in [0, 0.05) is 11.3 Å². The lowest BCUT2D eigenvalue weighted by Gasteiger charge is -2.43. The highest BCUT2D eigenvalue weighted by atomic mass is 28.4. The second kappa shape index (κ2) is 13.6. The number of rotatable bonds is 12. The van der Waals surface area contributed by atoms with Crippen molar-refractivity contribution in [2.45, 2.75) is 96.1 Å². The first-order valence-electron chi connectivity index (χ1n) is 13.4. The summed E-state index contributed by atoms with van der Waals surface area (Å²) in [4.78, 5) is 23.1. The van der Waals surface area contributed by atoms with Crippen LogP contribution >= 0.6 is 0 Å². The summed E-state index contributed by atoms with van der Waals surface area (Å²) in [5.74, 6) is 0. The Morgan fingerprint density at radius 3 is 1.82 bits per heavy atom. The minimum absolute atomic E-state index is 0.0505. The third-order valence-electron chi connectivity index (χ3n) is 6.49. The molecule has 11 heteroatoms. The van der Waals surface area contributed by atoms with Crippen molar-refractivity contribution >= 4 is 24.8 Å². The van der Waals surface area contributed by atoms with Crippen molar-refractivity contribution in [1.82, 2.24) is 5.32 Å². The summed E-state index contributed by atoms with van der Waals surface area (Å²) in [6.45, 7) is 11.5. The van der Waals surface area contributed by atoms with Crippen LogP contribution in [0.25, 0.3) is 0 Å². The van der Waals surface area contributed by atoms with Crippen LogP contribution in [0.15, 0.2) is 60.7 Å². The van der Waals surface area contributed by atoms with E-state index in [1.165, 1.54) is 0 Å². The van der Waals surface area contributed by atoms with Crippen molar-refractivity contribution in [3.63, 3.8) is 0 Å². The number of benzene rings is 2. The van der Waals surface area contributed by atoms with Gasteiger partial charge in [0.1, 0.15) is 12.0 Å². The quantitative estimate of drug-likeness (QED) is 0.182. The lowest BCUT2D eigenvalue weighted by Crippen LogP contribution is -2.67. The van der Waals surface area contributed by atoms with Crippen molar-refractivity contribution in [2.24, 2.45) is 0 Å². The third-order valence-corrected chi connectivity index (χ3v) is 11.5. The molecule has 0 heterocycles. The molecule has 0 bridgehead atoms. The molecule has 1 N–H and O–H groups in total. The number of ether oxygens (including phenoxy) is 1. The lowest BCUT2D eigenvalue weighted by molar-refractivity contribution is -0.530. The molecule has 222 valence electrons. The molecule has 2 aromatic carbocycles. The molecule has 0 radical (unpaired) electrons. The van der Waals surface area contributed by atoms with Crippen LogP contribution in [0.2, 0.25) is 5.04 Å². The van der Waals surface area contributed by atoms with Crippen molar-refractivity contribution in [3.05, 3.63) is 70.8 Å². The lowest BCUT2D eigenvalue weighted by atomic mass is 10.0. The number of halogens is 3. The van der Waals surface area contributed by atoms with Gasteiger partial charge in [-0.1, -0.05) is 81.4 Å². The summed E-state index contributed by atoms with van der Waals surface area (Å²) in [7, 11) is -2.97. The Morgan fingerprint density at radius 1 is 0.925 bits per heavy atom. The van der Waals surface area contributed by atoms with E-state index in [4.69, 9.17) is 9.16 Å². The summed E-state index contributed by atoms with van der Waals surface area (Å²) in [5, 5.41) is 15.8. The fraction of sp³-hybridized carbons (Fsp3) is 0.552. The monoisotopic (exact) mass is 582 g/mol. The molecule has 2 aromatic rings. The van der Waals surface area contributed by atoms with Gasteiger partial charge in [0.05, 0.1) is 12.6 Å². The summed E-state index contributed by atoms with van der Waals surface area (Å²) >= 11 is 0. The molecule has 1 unspecified atom stereocenters. The van der Waals surface area contributed by atoms with Crippen LogP contribution in [-0.2, 0) is 9.16 Å². The van der Waals surface area contributed by atoms with Gasteiger partial charge >= 0.3 is 12.3 Å². The Morgan fingerprint density at radius 2 is 1.43 bits per heavy atom. The highest BCUT2D eigenvalue weighted by Gasteiger charge is 2.50. The molecule has 0 saturated heterocycles. The molecule has 0 fully saturated rings. The first-order chi connectivity index (χ1) is 18.4. The molecule has 7 nitrogen and oxygen atoms in total. The molecular formula is C29H41F3N2O5Si. The topological polar surface area (TPSA) is 90.7 Å². The van der Waals surface area contributed by atoms with Gasteiger partial charge in [-0.2, -0.15) is 13.2 Å². The molecule has 0 aromatic heterocycles. The highest BCUT2D eigenvalue weighted by molar-refractivity contribution is 6.99. The summed E-state index contributed by atoms with van der Waals surface area (Å²) in [6, 6.07) is 17.4. The number of amides is 1. The van der Waals surface area contributed by atoms with E-state index in [-0.39, 0.29) is 30.9 Å². The van der Waals surface area contributed by atoms with E-state index >= 15 is 0 Å². The second-order valence-corrected chi connectivity index (χ2v) is 16.3. The number of hydrogen-bond acceptors (Lipinski definition) is 5.